The van der Waals surface area contributed by atoms with Gasteiger partial charge in [-0.3, -0.25) is 9.78 Å². The van der Waals surface area contributed by atoms with Crippen LogP contribution in [0.5, 0.6) is 0 Å². The molecule has 1 aromatic carbocycles. The highest BCUT2D eigenvalue weighted by Gasteiger charge is 2.13. The molecule has 23 heavy (non-hydrogen) atoms. The van der Waals surface area contributed by atoms with Crippen LogP contribution >= 0.6 is 0 Å². The molecule has 4 heteroatoms. The van der Waals surface area contributed by atoms with Crippen molar-refractivity contribution in [2.24, 2.45) is 0 Å². The zero-order valence-corrected chi connectivity index (χ0v) is 14.4. The Kier molecular flexibility index (Phi) is 5.74. The molecule has 0 atom stereocenters. The van der Waals surface area contributed by atoms with E-state index in [-0.39, 0.29) is 5.91 Å². The number of carbonyl (C=O) groups excluding carboxylic acids is 1. The lowest BCUT2D eigenvalue weighted by molar-refractivity contribution is 0.0787. The number of unbranched alkanes of at least 4 members (excludes halogenated alkanes) is 1. The van der Waals surface area contributed by atoms with Gasteiger partial charge in [0.2, 0.25) is 0 Å². The molecular weight excluding hydrogens is 286 g/mol. The number of nitrogens with one attached hydrogen (secondary N) is 1. The van der Waals surface area contributed by atoms with Gasteiger partial charge < -0.3 is 10.2 Å². The van der Waals surface area contributed by atoms with Crippen LogP contribution in [0.3, 0.4) is 0 Å². The zero-order valence-electron chi connectivity index (χ0n) is 14.4. The van der Waals surface area contributed by atoms with Gasteiger partial charge in [-0.1, -0.05) is 25.5 Å². The maximum atomic E-state index is 12.4. The molecule has 1 aromatic heterocycles. The first kappa shape index (κ1) is 17.0. The highest BCUT2D eigenvalue weighted by molar-refractivity contribution is 5.93. The van der Waals surface area contributed by atoms with E-state index in [0.29, 0.717) is 5.69 Å². The van der Waals surface area contributed by atoms with Crippen LogP contribution in [0.1, 0.15) is 41.4 Å². The standard InChI is InChI=1S/C19H25N3O/c1-5-6-12-22(4)19(23)18-13-16(10-11-20-18)21-17-9-7-8-14(2)15(17)3/h7-11,13H,5-6,12H2,1-4H3,(H,20,21). The Hall–Kier alpha value is -2.36. The van der Waals surface area contributed by atoms with Crippen LogP contribution in [0.15, 0.2) is 36.5 Å². The first-order chi connectivity index (χ1) is 11.0. The van der Waals surface area contributed by atoms with Crippen molar-refractivity contribution in [3.05, 3.63) is 53.3 Å². The monoisotopic (exact) mass is 311 g/mol. The predicted octanol–water partition coefficient (Wildman–Crippen LogP) is 4.31. The average Bonchev–Trinajstić information content (AvgIpc) is 2.56. The third kappa shape index (κ3) is 4.31. The van der Waals surface area contributed by atoms with Gasteiger partial charge in [0.1, 0.15) is 5.69 Å². The third-order valence-corrected chi connectivity index (χ3v) is 4.06. The van der Waals surface area contributed by atoms with E-state index in [2.05, 4.69) is 37.1 Å². The quantitative estimate of drug-likeness (QED) is 0.864. The SMILES string of the molecule is CCCCN(C)C(=O)c1cc(Nc2cccc(C)c2C)ccn1. The Morgan fingerprint density at radius 2 is 2.04 bits per heavy atom. The second kappa shape index (κ2) is 7.77. The van der Waals surface area contributed by atoms with E-state index in [9.17, 15) is 4.79 Å². The van der Waals surface area contributed by atoms with E-state index < -0.39 is 0 Å². The fourth-order valence-corrected chi connectivity index (χ4v) is 2.36. The molecule has 2 aromatic rings. The van der Waals surface area contributed by atoms with Crippen molar-refractivity contribution >= 4 is 17.3 Å². The Labute approximate surface area is 138 Å². The predicted molar refractivity (Wildman–Crippen MR) is 95.3 cm³/mol. The summed E-state index contributed by atoms with van der Waals surface area (Å²) in [5, 5.41) is 3.38. The van der Waals surface area contributed by atoms with Crippen molar-refractivity contribution in [1.29, 1.82) is 0 Å². The van der Waals surface area contributed by atoms with E-state index >= 15 is 0 Å². The summed E-state index contributed by atoms with van der Waals surface area (Å²) in [7, 11) is 1.82. The van der Waals surface area contributed by atoms with Crippen molar-refractivity contribution in [3.63, 3.8) is 0 Å². The number of pyridine rings is 1. The zero-order chi connectivity index (χ0) is 16.8. The van der Waals surface area contributed by atoms with Crippen LogP contribution < -0.4 is 5.32 Å². The molecule has 2 rings (SSSR count). The summed E-state index contributed by atoms with van der Waals surface area (Å²) in [6, 6.07) is 9.84. The molecule has 0 bridgehead atoms. The fourth-order valence-electron chi connectivity index (χ4n) is 2.36. The average molecular weight is 311 g/mol. The molecule has 1 heterocycles. The second-order valence-electron chi connectivity index (χ2n) is 5.88. The number of nitrogens with zero attached hydrogens (tertiary/aromatic N) is 2. The van der Waals surface area contributed by atoms with Gasteiger partial charge in [0.05, 0.1) is 0 Å². The van der Waals surface area contributed by atoms with Gasteiger partial charge in [0.25, 0.3) is 5.91 Å². The molecule has 1 N–H and O–H groups in total. The maximum Gasteiger partial charge on any atom is 0.272 e. The molecule has 1 amide bonds. The molecule has 0 aliphatic heterocycles. The smallest absolute Gasteiger partial charge is 0.272 e. The lowest BCUT2D eigenvalue weighted by atomic mass is 10.1. The molecule has 0 saturated carbocycles. The first-order valence-corrected chi connectivity index (χ1v) is 8.07. The first-order valence-electron chi connectivity index (χ1n) is 8.07. The van der Waals surface area contributed by atoms with Gasteiger partial charge in [-0.15, -0.1) is 0 Å². The minimum atomic E-state index is -0.0388. The molecule has 0 aliphatic rings. The van der Waals surface area contributed by atoms with Gasteiger partial charge in [-0.2, -0.15) is 0 Å². The van der Waals surface area contributed by atoms with Crippen molar-refractivity contribution in [3.8, 4) is 0 Å². The van der Waals surface area contributed by atoms with E-state index in [0.717, 1.165) is 30.8 Å². The molecule has 0 radical (unpaired) electrons. The summed E-state index contributed by atoms with van der Waals surface area (Å²) in [6.07, 6.45) is 3.75. The number of amides is 1. The third-order valence-electron chi connectivity index (χ3n) is 4.06. The molecular formula is C19H25N3O. The highest BCUT2D eigenvalue weighted by atomic mass is 16.2. The van der Waals surface area contributed by atoms with Crippen molar-refractivity contribution in [2.45, 2.75) is 33.6 Å². The summed E-state index contributed by atoms with van der Waals surface area (Å²) >= 11 is 0. The Bertz CT molecular complexity index is 682. The molecule has 4 nitrogen and oxygen atoms in total. The molecule has 0 saturated heterocycles. The van der Waals surface area contributed by atoms with E-state index in [1.54, 1.807) is 11.1 Å². The Balaban J connectivity index is 2.16. The van der Waals surface area contributed by atoms with E-state index in [1.807, 2.05) is 31.3 Å². The number of aryl methyl sites for hydroxylation is 1. The van der Waals surface area contributed by atoms with Crippen LogP contribution in [-0.2, 0) is 0 Å². The van der Waals surface area contributed by atoms with Crippen molar-refractivity contribution in [1.82, 2.24) is 9.88 Å². The Morgan fingerprint density at radius 3 is 2.78 bits per heavy atom. The largest absolute Gasteiger partial charge is 0.355 e. The number of carbonyl (C=O) groups is 1. The lowest BCUT2D eigenvalue weighted by Gasteiger charge is -2.17. The van der Waals surface area contributed by atoms with Crippen LogP contribution in [0, 0.1) is 13.8 Å². The summed E-state index contributed by atoms with van der Waals surface area (Å²) in [5.74, 6) is -0.0388. The van der Waals surface area contributed by atoms with Crippen LogP contribution in [0.25, 0.3) is 0 Å². The van der Waals surface area contributed by atoms with Gasteiger partial charge in [-0.25, -0.2) is 0 Å². The maximum absolute atomic E-state index is 12.4. The van der Waals surface area contributed by atoms with Crippen LogP contribution in [0.4, 0.5) is 11.4 Å². The lowest BCUT2D eigenvalue weighted by Crippen LogP contribution is -2.28. The molecule has 0 spiro atoms. The van der Waals surface area contributed by atoms with E-state index in [4.69, 9.17) is 0 Å². The summed E-state index contributed by atoms with van der Waals surface area (Å²) < 4.78 is 0. The summed E-state index contributed by atoms with van der Waals surface area (Å²) in [4.78, 5) is 18.4. The second-order valence-corrected chi connectivity index (χ2v) is 5.88. The normalized spacial score (nSPS) is 10.4. The number of benzene rings is 1. The van der Waals surface area contributed by atoms with Gasteiger partial charge in [0, 0.05) is 31.2 Å². The Morgan fingerprint density at radius 1 is 1.26 bits per heavy atom. The van der Waals surface area contributed by atoms with Gasteiger partial charge in [0.15, 0.2) is 0 Å². The number of hydrogen-bond donors (Lipinski definition) is 1. The minimum Gasteiger partial charge on any atom is -0.355 e. The number of hydrogen-bond acceptors (Lipinski definition) is 3. The van der Waals surface area contributed by atoms with Crippen LogP contribution in [-0.4, -0.2) is 29.4 Å². The molecule has 0 unspecified atom stereocenters. The van der Waals surface area contributed by atoms with Crippen LogP contribution in [0.2, 0.25) is 0 Å². The number of rotatable bonds is 6. The van der Waals surface area contributed by atoms with Crippen molar-refractivity contribution < 1.29 is 4.79 Å². The number of aromatic nitrogens is 1. The number of anilines is 2. The van der Waals surface area contributed by atoms with E-state index in [1.165, 1.54) is 11.1 Å². The topological polar surface area (TPSA) is 45.2 Å². The fraction of sp³-hybridized carbons (Fsp3) is 0.368. The van der Waals surface area contributed by atoms with Gasteiger partial charge >= 0.3 is 0 Å². The highest BCUT2D eigenvalue weighted by Crippen LogP contribution is 2.23. The summed E-state index contributed by atoms with van der Waals surface area (Å²) in [5.41, 5.74) is 4.84. The molecule has 122 valence electrons. The minimum absolute atomic E-state index is 0.0388. The molecule has 0 aliphatic carbocycles. The summed E-state index contributed by atoms with van der Waals surface area (Å²) in [6.45, 7) is 7.05. The van der Waals surface area contributed by atoms with Gasteiger partial charge in [-0.05, 0) is 49.6 Å². The van der Waals surface area contributed by atoms with Crippen molar-refractivity contribution in [2.75, 3.05) is 18.9 Å². The molecule has 0 fully saturated rings.